The molecule has 3 atom stereocenters. The second-order valence-corrected chi connectivity index (χ2v) is 9.54. The Bertz CT molecular complexity index is 739. The van der Waals surface area contributed by atoms with E-state index in [1.165, 1.54) is 0 Å². The molecule has 1 aromatic rings. The van der Waals surface area contributed by atoms with Gasteiger partial charge in [-0.25, -0.2) is 13.2 Å². The first-order valence-electron chi connectivity index (χ1n) is 7.98. The summed E-state index contributed by atoms with van der Waals surface area (Å²) in [4.78, 5) is 12.2. The van der Waals surface area contributed by atoms with Crippen LogP contribution in [-0.2, 0) is 14.6 Å². The average Bonchev–Trinajstić information content (AvgIpc) is 3.14. The Hall–Kier alpha value is -1.80. The zero-order valence-corrected chi connectivity index (χ0v) is 16.0. The van der Waals surface area contributed by atoms with E-state index in [4.69, 9.17) is 15.2 Å². The Kier molecular flexibility index (Phi) is 5.07. The fourth-order valence-electron chi connectivity index (χ4n) is 3.25. The molecule has 7 nitrogen and oxygen atoms in total. The number of amides is 1. The Balaban J connectivity index is 2.34. The predicted octanol–water partition coefficient (Wildman–Crippen LogP) is 1.43. The summed E-state index contributed by atoms with van der Waals surface area (Å²) in [5.41, 5.74) is 4.90. The van der Waals surface area contributed by atoms with E-state index in [-0.39, 0.29) is 6.54 Å². The number of ether oxygens (including phenoxy) is 2. The van der Waals surface area contributed by atoms with Crippen molar-refractivity contribution in [3.8, 4) is 5.75 Å². The van der Waals surface area contributed by atoms with Gasteiger partial charge in [-0.1, -0.05) is 12.1 Å². The number of sulfone groups is 1. The van der Waals surface area contributed by atoms with E-state index in [0.29, 0.717) is 5.75 Å². The zero-order chi connectivity index (χ0) is 19.0. The highest BCUT2D eigenvalue weighted by Gasteiger charge is 2.70. The topological polar surface area (TPSA) is 108 Å². The smallest absolute Gasteiger partial charge is 0.408 e. The highest BCUT2D eigenvalue weighted by molar-refractivity contribution is 7.91. The summed E-state index contributed by atoms with van der Waals surface area (Å²) >= 11 is 0. The summed E-state index contributed by atoms with van der Waals surface area (Å²) in [7, 11) is -1.88. The van der Waals surface area contributed by atoms with Crippen molar-refractivity contribution >= 4 is 15.9 Å². The van der Waals surface area contributed by atoms with Gasteiger partial charge in [-0.2, -0.15) is 0 Å². The molecule has 0 radical (unpaired) electrons. The van der Waals surface area contributed by atoms with Crippen molar-refractivity contribution in [2.45, 2.75) is 43.1 Å². The minimum Gasteiger partial charge on any atom is -0.497 e. The van der Waals surface area contributed by atoms with Crippen LogP contribution in [0, 0.1) is 0 Å². The van der Waals surface area contributed by atoms with Gasteiger partial charge in [-0.15, -0.1) is 0 Å². The third kappa shape index (κ3) is 4.07. The summed E-state index contributed by atoms with van der Waals surface area (Å²) in [5.74, 6) is 0.227. The summed E-state index contributed by atoms with van der Waals surface area (Å²) in [6.45, 7) is 5.21. The van der Waals surface area contributed by atoms with Crippen LogP contribution in [0.15, 0.2) is 24.3 Å². The van der Waals surface area contributed by atoms with E-state index in [0.717, 1.165) is 11.8 Å². The lowest BCUT2D eigenvalue weighted by Crippen LogP contribution is -2.48. The maximum Gasteiger partial charge on any atom is 0.408 e. The van der Waals surface area contributed by atoms with E-state index in [1.54, 1.807) is 52.1 Å². The number of hydrogen-bond donors (Lipinski definition) is 2. The van der Waals surface area contributed by atoms with Crippen LogP contribution in [0.5, 0.6) is 5.75 Å². The largest absolute Gasteiger partial charge is 0.497 e. The Morgan fingerprint density at radius 3 is 2.24 bits per heavy atom. The fourth-order valence-corrected chi connectivity index (χ4v) is 5.14. The molecule has 1 amide bonds. The van der Waals surface area contributed by atoms with Crippen LogP contribution in [0.1, 0.15) is 32.3 Å². The first-order chi connectivity index (χ1) is 11.4. The molecule has 0 unspecified atom stereocenters. The van der Waals surface area contributed by atoms with Crippen molar-refractivity contribution in [3.05, 3.63) is 29.8 Å². The molecule has 0 bridgehead atoms. The van der Waals surface area contributed by atoms with Gasteiger partial charge in [0.1, 0.15) is 11.4 Å². The third-order valence-corrected chi connectivity index (χ3v) is 5.88. The molecule has 0 saturated heterocycles. The minimum atomic E-state index is -3.43. The van der Waals surface area contributed by atoms with Gasteiger partial charge in [0.2, 0.25) is 0 Å². The maximum absolute atomic E-state index is 12.3. The lowest BCUT2D eigenvalue weighted by atomic mass is 10.1. The fraction of sp³-hybridized carbons (Fsp3) is 0.588. The number of nitrogens with one attached hydrogen (secondary N) is 1. The van der Waals surface area contributed by atoms with Crippen molar-refractivity contribution in [2.75, 3.05) is 19.9 Å². The van der Waals surface area contributed by atoms with Gasteiger partial charge in [0.05, 0.1) is 17.9 Å². The molecule has 1 aliphatic rings. The summed E-state index contributed by atoms with van der Waals surface area (Å²) < 4.78 is 34.9. The van der Waals surface area contributed by atoms with Gasteiger partial charge in [0.25, 0.3) is 0 Å². The molecular weight excluding hydrogens is 344 g/mol. The lowest BCUT2D eigenvalue weighted by molar-refractivity contribution is 0.0497. The number of hydrogen-bond acceptors (Lipinski definition) is 6. The van der Waals surface area contributed by atoms with Crippen LogP contribution >= 0.6 is 0 Å². The van der Waals surface area contributed by atoms with Gasteiger partial charge < -0.3 is 20.5 Å². The minimum absolute atomic E-state index is 0.0132. The highest BCUT2D eigenvalue weighted by Crippen LogP contribution is 2.55. The average molecular weight is 370 g/mol. The van der Waals surface area contributed by atoms with Crippen LogP contribution in [0.25, 0.3) is 0 Å². The van der Waals surface area contributed by atoms with Gasteiger partial charge in [-0.3, -0.25) is 0 Å². The maximum atomic E-state index is 12.3. The SMILES string of the molecule is COc1ccc([C@@H]2[C@H](S(C)(=O)=O)[C@]2(CN)NC(=O)OC(C)(C)C)cc1. The highest BCUT2D eigenvalue weighted by atomic mass is 32.2. The number of nitrogens with two attached hydrogens (primary N) is 1. The first-order valence-corrected chi connectivity index (χ1v) is 9.94. The second kappa shape index (κ2) is 6.49. The summed E-state index contributed by atoms with van der Waals surface area (Å²) in [6.07, 6.45) is 0.477. The van der Waals surface area contributed by atoms with Gasteiger partial charge in [0.15, 0.2) is 9.84 Å². The lowest BCUT2D eigenvalue weighted by Gasteiger charge is -2.24. The molecule has 0 aliphatic heterocycles. The molecule has 0 aromatic heterocycles. The van der Waals surface area contributed by atoms with Crippen LogP contribution in [0.3, 0.4) is 0 Å². The van der Waals surface area contributed by atoms with E-state index < -0.39 is 38.2 Å². The van der Waals surface area contributed by atoms with Gasteiger partial charge in [0, 0.05) is 18.7 Å². The van der Waals surface area contributed by atoms with Crippen LogP contribution < -0.4 is 15.8 Å². The molecule has 1 saturated carbocycles. The standard InChI is InChI=1S/C17H26N2O5S/c1-16(2,3)24-15(20)19-17(10-18)13(14(17)25(5,21)22)11-6-8-12(23-4)9-7-11/h6-9,13-14H,10,18H2,1-5H3,(H,19,20)/t13-,14+,17-/m1/s1. The molecule has 1 aliphatic carbocycles. The Morgan fingerprint density at radius 2 is 1.84 bits per heavy atom. The number of methoxy groups -OCH3 is 1. The normalized spacial score (nSPS) is 26.0. The van der Waals surface area contributed by atoms with Crippen molar-refractivity contribution < 1.29 is 22.7 Å². The summed E-state index contributed by atoms with van der Waals surface area (Å²) in [6, 6.07) is 7.08. The number of carbonyl (C=O) groups is 1. The van der Waals surface area contributed by atoms with Crippen molar-refractivity contribution in [3.63, 3.8) is 0 Å². The Labute approximate surface area is 148 Å². The number of benzene rings is 1. The monoisotopic (exact) mass is 370 g/mol. The number of rotatable bonds is 5. The molecule has 3 N–H and O–H groups in total. The molecular formula is C17H26N2O5S. The van der Waals surface area contributed by atoms with Crippen LogP contribution in [-0.4, -0.2) is 50.8 Å². The second-order valence-electron chi connectivity index (χ2n) is 7.37. The van der Waals surface area contributed by atoms with Crippen molar-refractivity contribution in [1.29, 1.82) is 0 Å². The first kappa shape index (κ1) is 19.5. The molecule has 1 fully saturated rings. The third-order valence-electron chi connectivity index (χ3n) is 4.26. The van der Waals surface area contributed by atoms with Crippen LogP contribution in [0.4, 0.5) is 4.79 Å². The summed E-state index contributed by atoms with van der Waals surface area (Å²) in [5, 5.41) is 1.91. The molecule has 1 aromatic carbocycles. The quantitative estimate of drug-likeness (QED) is 0.812. The molecule has 8 heteroatoms. The van der Waals surface area contributed by atoms with Gasteiger partial charge in [-0.05, 0) is 38.5 Å². The van der Waals surface area contributed by atoms with E-state index in [1.807, 2.05) is 0 Å². The predicted molar refractivity (Wildman–Crippen MR) is 95.5 cm³/mol. The van der Waals surface area contributed by atoms with E-state index in [9.17, 15) is 13.2 Å². The Morgan fingerprint density at radius 1 is 1.28 bits per heavy atom. The van der Waals surface area contributed by atoms with E-state index in [2.05, 4.69) is 5.32 Å². The zero-order valence-electron chi connectivity index (χ0n) is 15.2. The van der Waals surface area contributed by atoms with Crippen LogP contribution in [0.2, 0.25) is 0 Å². The number of alkyl carbamates (subject to hydrolysis) is 1. The molecule has 0 heterocycles. The van der Waals surface area contributed by atoms with E-state index >= 15 is 0 Å². The van der Waals surface area contributed by atoms with Crippen molar-refractivity contribution in [2.24, 2.45) is 5.73 Å². The molecule has 25 heavy (non-hydrogen) atoms. The van der Waals surface area contributed by atoms with Crippen molar-refractivity contribution in [1.82, 2.24) is 5.32 Å². The molecule has 2 rings (SSSR count). The molecule has 0 spiro atoms. The van der Waals surface area contributed by atoms with Gasteiger partial charge >= 0.3 is 6.09 Å². The molecule has 140 valence electrons. The number of carbonyl (C=O) groups excluding carboxylic acids is 1.